The molecule has 29 heavy (non-hydrogen) atoms. The topological polar surface area (TPSA) is 52.2 Å². The fourth-order valence-electron chi connectivity index (χ4n) is 4.20. The Morgan fingerprint density at radius 1 is 0.966 bits per heavy atom. The van der Waals surface area contributed by atoms with Crippen molar-refractivity contribution in [1.82, 2.24) is 15.1 Å². The summed E-state index contributed by atoms with van der Waals surface area (Å²) in [4.78, 5) is 17.5. The van der Waals surface area contributed by atoms with Gasteiger partial charge in [0.2, 0.25) is 5.91 Å². The number of piperazine rings is 1. The van der Waals surface area contributed by atoms with Gasteiger partial charge in [-0.05, 0) is 36.1 Å². The highest BCUT2D eigenvalue weighted by Crippen LogP contribution is 2.49. The number of carbonyl (C=O) groups excluding carboxylic acids is 1. The molecule has 148 valence electrons. The molecule has 3 aromatic rings. The number of benzene rings is 2. The van der Waals surface area contributed by atoms with E-state index < -0.39 is 0 Å². The number of aromatic amines is 1. The SMILES string of the molecule is O=C(N1CCN(c2cc(-c3ccc(Cl)cc3)[nH]n2)CC1)C1(c2ccccc2)CC1. The van der Waals surface area contributed by atoms with E-state index in [1.54, 1.807) is 0 Å². The quantitative estimate of drug-likeness (QED) is 0.709. The Labute approximate surface area is 175 Å². The van der Waals surface area contributed by atoms with Crippen LogP contribution in [0.15, 0.2) is 60.7 Å². The number of rotatable bonds is 4. The van der Waals surface area contributed by atoms with Crippen molar-refractivity contribution in [2.24, 2.45) is 0 Å². The molecule has 1 aliphatic carbocycles. The smallest absolute Gasteiger partial charge is 0.233 e. The third-order valence-electron chi connectivity index (χ3n) is 6.10. The summed E-state index contributed by atoms with van der Waals surface area (Å²) in [5.41, 5.74) is 2.90. The third kappa shape index (κ3) is 3.40. The van der Waals surface area contributed by atoms with Crippen LogP contribution < -0.4 is 4.90 Å². The third-order valence-corrected chi connectivity index (χ3v) is 6.35. The minimum Gasteiger partial charge on any atom is -0.352 e. The maximum atomic E-state index is 13.2. The number of halogens is 1. The lowest BCUT2D eigenvalue weighted by Crippen LogP contribution is -2.51. The highest BCUT2D eigenvalue weighted by Gasteiger charge is 2.53. The van der Waals surface area contributed by atoms with Gasteiger partial charge in [-0.15, -0.1) is 0 Å². The first kappa shape index (κ1) is 18.3. The van der Waals surface area contributed by atoms with E-state index in [1.165, 1.54) is 0 Å². The van der Waals surface area contributed by atoms with Crippen molar-refractivity contribution >= 4 is 23.3 Å². The summed E-state index contributed by atoms with van der Waals surface area (Å²) in [5, 5.41) is 8.32. The monoisotopic (exact) mass is 406 g/mol. The van der Waals surface area contributed by atoms with Crippen LogP contribution >= 0.6 is 11.6 Å². The highest BCUT2D eigenvalue weighted by atomic mass is 35.5. The first-order chi connectivity index (χ1) is 14.2. The predicted molar refractivity (Wildman–Crippen MR) is 115 cm³/mol. The maximum Gasteiger partial charge on any atom is 0.233 e. The summed E-state index contributed by atoms with van der Waals surface area (Å²) in [6.07, 6.45) is 1.92. The zero-order chi connectivity index (χ0) is 19.8. The molecule has 0 radical (unpaired) electrons. The van der Waals surface area contributed by atoms with Crippen molar-refractivity contribution in [2.45, 2.75) is 18.3 Å². The lowest BCUT2D eigenvalue weighted by molar-refractivity contribution is -0.134. The minimum atomic E-state index is -0.280. The van der Waals surface area contributed by atoms with Crippen LogP contribution in [0.2, 0.25) is 5.02 Å². The van der Waals surface area contributed by atoms with E-state index in [0.29, 0.717) is 0 Å². The summed E-state index contributed by atoms with van der Waals surface area (Å²) in [5.74, 6) is 1.21. The average molecular weight is 407 g/mol. The molecule has 0 unspecified atom stereocenters. The van der Waals surface area contributed by atoms with Gasteiger partial charge in [-0.1, -0.05) is 54.1 Å². The normalized spacial score (nSPS) is 18.0. The minimum absolute atomic E-state index is 0.280. The van der Waals surface area contributed by atoms with Crippen molar-refractivity contribution < 1.29 is 4.79 Å². The van der Waals surface area contributed by atoms with Crippen LogP contribution in [0, 0.1) is 0 Å². The molecular formula is C23H23ClN4O. The number of nitrogens with zero attached hydrogens (tertiary/aromatic N) is 3. The van der Waals surface area contributed by atoms with Crippen molar-refractivity contribution in [3.63, 3.8) is 0 Å². The largest absolute Gasteiger partial charge is 0.352 e. The number of aromatic nitrogens is 2. The molecule has 2 aliphatic rings. The summed E-state index contributed by atoms with van der Waals surface area (Å²) in [7, 11) is 0. The molecule has 1 saturated heterocycles. The van der Waals surface area contributed by atoms with Gasteiger partial charge < -0.3 is 9.80 Å². The molecule has 1 N–H and O–H groups in total. The Morgan fingerprint density at radius 2 is 1.66 bits per heavy atom. The second-order valence-electron chi connectivity index (χ2n) is 7.87. The first-order valence-electron chi connectivity index (χ1n) is 10.1. The van der Waals surface area contributed by atoms with E-state index in [0.717, 1.165) is 66.7 Å². The molecule has 0 spiro atoms. The van der Waals surface area contributed by atoms with Gasteiger partial charge in [-0.3, -0.25) is 9.89 Å². The molecule has 0 bridgehead atoms. The summed E-state index contributed by atoms with van der Waals surface area (Å²) >= 11 is 5.97. The van der Waals surface area contributed by atoms with E-state index in [2.05, 4.69) is 33.3 Å². The van der Waals surface area contributed by atoms with Crippen LogP contribution in [0.25, 0.3) is 11.3 Å². The van der Waals surface area contributed by atoms with Gasteiger partial charge in [-0.25, -0.2) is 0 Å². The molecule has 1 amide bonds. The van der Waals surface area contributed by atoms with Crippen LogP contribution in [0.5, 0.6) is 0 Å². The number of anilines is 1. The summed E-state index contributed by atoms with van der Waals surface area (Å²) in [6, 6.07) is 20.0. The van der Waals surface area contributed by atoms with E-state index in [-0.39, 0.29) is 11.3 Å². The standard InChI is InChI=1S/C23H23ClN4O/c24-19-8-6-17(7-9-19)20-16-21(26-25-20)27-12-14-28(15-13-27)22(29)23(10-11-23)18-4-2-1-3-5-18/h1-9,16H,10-15H2,(H,25,26). The van der Waals surface area contributed by atoms with Crippen LogP contribution in [0.4, 0.5) is 5.82 Å². The van der Waals surface area contributed by atoms with Crippen LogP contribution in [-0.4, -0.2) is 47.2 Å². The Morgan fingerprint density at radius 3 is 2.31 bits per heavy atom. The molecule has 2 fully saturated rings. The number of amides is 1. The molecule has 1 saturated carbocycles. The number of nitrogens with one attached hydrogen (secondary N) is 1. The number of carbonyl (C=O) groups is 1. The second-order valence-corrected chi connectivity index (χ2v) is 8.31. The van der Waals surface area contributed by atoms with Gasteiger partial charge in [0.05, 0.1) is 11.1 Å². The zero-order valence-electron chi connectivity index (χ0n) is 16.1. The molecule has 5 rings (SSSR count). The van der Waals surface area contributed by atoms with E-state index >= 15 is 0 Å². The zero-order valence-corrected chi connectivity index (χ0v) is 16.9. The molecule has 1 aliphatic heterocycles. The lowest BCUT2D eigenvalue weighted by atomic mass is 9.94. The van der Waals surface area contributed by atoms with Crippen molar-refractivity contribution in [2.75, 3.05) is 31.1 Å². The Bertz CT molecular complexity index is 1000. The fraction of sp³-hybridized carbons (Fsp3) is 0.304. The van der Waals surface area contributed by atoms with Crippen molar-refractivity contribution in [3.05, 3.63) is 71.2 Å². The Balaban J connectivity index is 1.24. The van der Waals surface area contributed by atoms with Gasteiger partial charge in [-0.2, -0.15) is 5.10 Å². The van der Waals surface area contributed by atoms with Gasteiger partial charge >= 0.3 is 0 Å². The van der Waals surface area contributed by atoms with Crippen LogP contribution in [-0.2, 0) is 10.2 Å². The Kier molecular flexibility index (Phi) is 4.55. The molecule has 2 aromatic carbocycles. The summed E-state index contributed by atoms with van der Waals surface area (Å²) < 4.78 is 0. The number of hydrogen-bond acceptors (Lipinski definition) is 3. The summed E-state index contributed by atoms with van der Waals surface area (Å²) in [6.45, 7) is 3.05. The first-order valence-corrected chi connectivity index (χ1v) is 10.4. The molecule has 2 heterocycles. The fourth-order valence-corrected chi connectivity index (χ4v) is 4.33. The average Bonchev–Trinajstić information content (AvgIpc) is 3.44. The van der Waals surface area contributed by atoms with E-state index in [9.17, 15) is 4.79 Å². The molecule has 5 nitrogen and oxygen atoms in total. The predicted octanol–water partition coefficient (Wildman–Crippen LogP) is 4.11. The Hall–Kier alpha value is -2.79. The van der Waals surface area contributed by atoms with Crippen LogP contribution in [0.3, 0.4) is 0 Å². The van der Waals surface area contributed by atoms with E-state index in [4.69, 9.17) is 11.6 Å². The van der Waals surface area contributed by atoms with Crippen LogP contribution in [0.1, 0.15) is 18.4 Å². The molecule has 0 atom stereocenters. The lowest BCUT2D eigenvalue weighted by Gasteiger charge is -2.36. The molecular weight excluding hydrogens is 384 g/mol. The van der Waals surface area contributed by atoms with Gasteiger partial charge in [0.25, 0.3) is 0 Å². The number of hydrogen-bond donors (Lipinski definition) is 1. The van der Waals surface area contributed by atoms with Crippen molar-refractivity contribution in [3.8, 4) is 11.3 Å². The van der Waals surface area contributed by atoms with Crippen molar-refractivity contribution in [1.29, 1.82) is 0 Å². The maximum absolute atomic E-state index is 13.2. The molecule has 1 aromatic heterocycles. The second kappa shape index (κ2) is 7.23. The number of H-pyrrole nitrogens is 1. The highest BCUT2D eigenvalue weighted by molar-refractivity contribution is 6.30. The van der Waals surface area contributed by atoms with Gasteiger partial charge in [0, 0.05) is 37.3 Å². The van der Waals surface area contributed by atoms with E-state index in [1.807, 2.05) is 47.4 Å². The molecule has 6 heteroatoms. The van der Waals surface area contributed by atoms with Gasteiger partial charge in [0.15, 0.2) is 5.82 Å². The van der Waals surface area contributed by atoms with Gasteiger partial charge in [0.1, 0.15) is 0 Å².